The van der Waals surface area contributed by atoms with Gasteiger partial charge in [-0.2, -0.15) is 0 Å². The number of carboxylic acids is 2. The van der Waals surface area contributed by atoms with Gasteiger partial charge in [-0.25, -0.2) is 0 Å². The third-order valence-electron chi connectivity index (χ3n) is 2.47. The third-order valence-corrected chi connectivity index (χ3v) is 2.47. The molecule has 0 radical (unpaired) electrons. The average Bonchev–Trinajstić information content (AvgIpc) is 2.46. The van der Waals surface area contributed by atoms with E-state index in [1.54, 1.807) is 0 Å². The molecule has 0 rings (SSSR count). The highest BCUT2D eigenvalue weighted by molar-refractivity contribution is 5.66. The Labute approximate surface area is 130 Å². The Morgan fingerprint density at radius 2 is 0.818 bits per heavy atom. The van der Waals surface area contributed by atoms with E-state index in [1.807, 2.05) is 0 Å². The highest BCUT2D eigenvalue weighted by Crippen LogP contribution is 1.91. The fourth-order valence-electron chi connectivity index (χ4n) is 1.41. The van der Waals surface area contributed by atoms with Crippen LogP contribution >= 0.6 is 0 Å². The Balaban J connectivity index is 2.99. The number of carboxylic acid groups (broad SMARTS) is 2. The first-order valence-corrected chi connectivity index (χ1v) is 7.37. The van der Waals surface area contributed by atoms with Crippen LogP contribution in [0.15, 0.2) is 0 Å². The second-order valence-electron chi connectivity index (χ2n) is 4.44. The van der Waals surface area contributed by atoms with Gasteiger partial charge in [-0.1, -0.05) is 0 Å². The predicted molar refractivity (Wildman–Crippen MR) is 77.0 cm³/mol. The molecule has 2 N–H and O–H groups in total. The van der Waals surface area contributed by atoms with Gasteiger partial charge in [0.1, 0.15) is 0 Å². The van der Waals surface area contributed by atoms with Crippen molar-refractivity contribution in [2.24, 2.45) is 0 Å². The van der Waals surface area contributed by atoms with Crippen molar-refractivity contribution < 1.29 is 38.7 Å². The van der Waals surface area contributed by atoms with Crippen molar-refractivity contribution in [2.75, 3.05) is 52.9 Å². The van der Waals surface area contributed by atoms with E-state index >= 15 is 0 Å². The van der Waals surface area contributed by atoms with E-state index in [-0.39, 0.29) is 12.8 Å². The standard InChI is InChI=1S/C14H26O8/c15-13(16)3-1-5-19-7-9-21-11-12-22-10-8-20-6-2-4-14(17)18/h1-12H2,(H,15,16)(H,17,18). The second kappa shape index (κ2) is 16.2. The van der Waals surface area contributed by atoms with E-state index in [2.05, 4.69) is 0 Å². The van der Waals surface area contributed by atoms with E-state index in [1.165, 1.54) is 0 Å². The molecule has 0 bridgehead atoms. The monoisotopic (exact) mass is 322 g/mol. The Morgan fingerprint density at radius 3 is 1.09 bits per heavy atom. The van der Waals surface area contributed by atoms with E-state index in [4.69, 9.17) is 29.2 Å². The summed E-state index contributed by atoms with van der Waals surface area (Å²) in [5, 5.41) is 16.8. The van der Waals surface area contributed by atoms with Crippen molar-refractivity contribution in [2.45, 2.75) is 25.7 Å². The molecule has 0 fully saturated rings. The topological polar surface area (TPSA) is 112 Å². The summed E-state index contributed by atoms with van der Waals surface area (Å²) < 4.78 is 20.9. The van der Waals surface area contributed by atoms with E-state index < -0.39 is 11.9 Å². The van der Waals surface area contributed by atoms with Crippen molar-refractivity contribution in [3.63, 3.8) is 0 Å². The summed E-state index contributed by atoms with van der Waals surface area (Å²) in [6, 6.07) is 0. The van der Waals surface area contributed by atoms with Crippen molar-refractivity contribution in [1.82, 2.24) is 0 Å². The number of hydrogen-bond acceptors (Lipinski definition) is 6. The van der Waals surface area contributed by atoms with Gasteiger partial charge in [0.25, 0.3) is 0 Å². The lowest BCUT2D eigenvalue weighted by atomic mass is 10.3. The van der Waals surface area contributed by atoms with Gasteiger partial charge < -0.3 is 29.2 Å². The summed E-state index contributed by atoms with van der Waals surface area (Å²) in [5.74, 6) is -1.63. The van der Waals surface area contributed by atoms with Gasteiger partial charge in [0.05, 0.1) is 39.6 Å². The van der Waals surface area contributed by atoms with E-state index in [0.29, 0.717) is 65.7 Å². The minimum atomic E-state index is -0.817. The maximum atomic E-state index is 10.2. The van der Waals surface area contributed by atoms with Gasteiger partial charge in [0, 0.05) is 26.1 Å². The molecule has 0 aromatic rings. The van der Waals surface area contributed by atoms with Crippen molar-refractivity contribution in [1.29, 1.82) is 0 Å². The molecule has 0 heterocycles. The zero-order chi connectivity index (χ0) is 16.5. The first kappa shape index (κ1) is 20.8. The van der Waals surface area contributed by atoms with Crippen LogP contribution in [0.4, 0.5) is 0 Å². The SMILES string of the molecule is O=C(O)CCCOCCOCCOCCOCCCC(=O)O. The molecule has 0 unspecified atom stereocenters. The minimum Gasteiger partial charge on any atom is -0.481 e. The summed E-state index contributed by atoms with van der Waals surface area (Å²) in [6.45, 7) is 3.52. The van der Waals surface area contributed by atoms with Gasteiger partial charge >= 0.3 is 11.9 Å². The number of hydrogen-bond donors (Lipinski definition) is 2. The lowest BCUT2D eigenvalue weighted by molar-refractivity contribution is -0.138. The zero-order valence-corrected chi connectivity index (χ0v) is 12.8. The van der Waals surface area contributed by atoms with Crippen molar-refractivity contribution >= 4 is 11.9 Å². The summed E-state index contributed by atoms with van der Waals surface area (Å²) in [7, 11) is 0. The number of ether oxygens (including phenoxy) is 4. The average molecular weight is 322 g/mol. The van der Waals surface area contributed by atoms with Crippen LogP contribution in [0.2, 0.25) is 0 Å². The molecule has 22 heavy (non-hydrogen) atoms. The van der Waals surface area contributed by atoms with Crippen molar-refractivity contribution in [3.8, 4) is 0 Å². The van der Waals surface area contributed by atoms with Crippen LogP contribution in [-0.4, -0.2) is 75.0 Å². The molecule has 0 spiro atoms. The summed E-state index contributed by atoms with van der Waals surface area (Å²) >= 11 is 0. The molecule has 0 aliphatic carbocycles. The molecular weight excluding hydrogens is 296 g/mol. The van der Waals surface area contributed by atoms with Crippen LogP contribution in [0.25, 0.3) is 0 Å². The smallest absolute Gasteiger partial charge is 0.303 e. The lowest BCUT2D eigenvalue weighted by Crippen LogP contribution is -2.12. The van der Waals surface area contributed by atoms with Crippen LogP contribution in [0.3, 0.4) is 0 Å². The van der Waals surface area contributed by atoms with Gasteiger partial charge in [0.15, 0.2) is 0 Å². The Morgan fingerprint density at radius 1 is 0.545 bits per heavy atom. The minimum absolute atomic E-state index is 0.118. The van der Waals surface area contributed by atoms with Crippen LogP contribution < -0.4 is 0 Å². The number of aliphatic carboxylic acids is 2. The maximum absolute atomic E-state index is 10.2. The van der Waals surface area contributed by atoms with Gasteiger partial charge in [-0.05, 0) is 12.8 Å². The molecule has 0 atom stereocenters. The quantitative estimate of drug-likeness (QED) is 0.378. The molecule has 0 aliphatic heterocycles. The fraction of sp³-hybridized carbons (Fsp3) is 0.857. The molecule has 130 valence electrons. The molecule has 0 aromatic carbocycles. The van der Waals surface area contributed by atoms with Crippen LogP contribution in [-0.2, 0) is 28.5 Å². The molecule has 0 saturated carbocycles. The Kier molecular flexibility index (Phi) is 15.3. The van der Waals surface area contributed by atoms with Crippen LogP contribution in [0.5, 0.6) is 0 Å². The van der Waals surface area contributed by atoms with Crippen LogP contribution in [0.1, 0.15) is 25.7 Å². The van der Waals surface area contributed by atoms with Crippen LogP contribution in [0, 0.1) is 0 Å². The zero-order valence-electron chi connectivity index (χ0n) is 12.8. The highest BCUT2D eigenvalue weighted by atomic mass is 16.6. The molecule has 8 nitrogen and oxygen atoms in total. The number of rotatable bonds is 17. The molecular formula is C14H26O8. The normalized spacial score (nSPS) is 10.7. The fourth-order valence-corrected chi connectivity index (χ4v) is 1.41. The Hall–Kier alpha value is -1.22. The van der Waals surface area contributed by atoms with Gasteiger partial charge in [-0.3, -0.25) is 9.59 Å². The van der Waals surface area contributed by atoms with Crippen molar-refractivity contribution in [3.05, 3.63) is 0 Å². The first-order chi connectivity index (χ1) is 10.6. The van der Waals surface area contributed by atoms with E-state index in [9.17, 15) is 9.59 Å². The van der Waals surface area contributed by atoms with E-state index in [0.717, 1.165) is 0 Å². The molecule has 0 saturated heterocycles. The lowest BCUT2D eigenvalue weighted by Gasteiger charge is -2.07. The maximum Gasteiger partial charge on any atom is 0.303 e. The summed E-state index contributed by atoms with van der Waals surface area (Å²) in [6.07, 6.45) is 1.25. The predicted octanol–water partition coefficient (Wildman–Crippen LogP) is 0.782. The third kappa shape index (κ3) is 18.8. The Bertz CT molecular complexity index is 254. The molecule has 0 aromatic heterocycles. The van der Waals surface area contributed by atoms with Gasteiger partial charge in [0.2, 0.25) is 0 Å². The van der Waals surface area contributed by atoms with Gasteiger partial charge in [-0.15, -0.1) is 0 Å². The molecule has 0 amide bonds. The summed E-state index contributed by atoms with van der Waals surface area (Å²) in [4.78, 5) is 20.5. The largest absolute Gasteiger partial charge is 0.481 e. The summed E-state index contributed by atoms with van der Waals surface area (Å²) in [5.41, 5.74) is 0. The first-order valence-electron chi connectivity index (χ1n) is 7.37. The molecule has 0 aliphatic rings. The number of carbonyl (C=O) groups is 2. The highest BCUT2D eigenvalue weighted by Gasteiger charge is 1.97. The second-order valence-corrected chi connectivity index (χ2v) is 4.44. The molecule has 8 heteroatoms.